The summed E-state index contributed by atoms with van der Waals surface area (Å²) in [6, 6.07) is 27.5. The van der Waals surface area contributed by atoms with Crippen LogP contribution in [0.5, 0.6) is 0 Å². The lowest BCUT2D eigenvalue weighted by Gasteiger charge is -2.34. The molecule has 0 fully saturated rings. The lowest BCUT2D eigenvalue weighted by atomic mass is 9.69. The highest BCUT2D eigenvalue weighted by Crippen LogP contribution is 2.46. The highest BCUT2D eigenvalue weighted by atomic mass is 32.2. The van der Waals surface area contributed by atoms with Gasteiger partial charge in [0.25, 0.3) is 5.91 Å². The van der Waals surface area contributed by atoms with E-state index in [0.29, 0.717) is 5.92 Å². The van der Waals surface area contributed by atoms with Crippen molar-refractivity contribution in [3.8, 4) is 0 Å². The molecule has 1 amide bonds. The molecule has 3 aromatic carbocycles. The number of rotatable bonds is 5. The van der Waals surface area contributed by atoms with E-state index in [0.717, 1.165) is 24.7 Å². The Kier molecular flexibility index (Phi) is 6.05. The third-order valence-corrected chi connectivity index (χ3v) is 6.33. The number of carbonyl (C=O) groups is 1. The van der Waals surface area contributed by atoms with E-state index in [-0.39, 0.29) is 5.92 Å². The topological polar surface area (TPSA) is 63.2 Å². The molecule has 0 saturated heterocycles. The molecule has 0 heterocycles. The Bertz CT molecular complexity index is 1200. The molecule has 0 aromatic heterocycles. The van der Waals surface area contributed by atoms with Crippen LogP contribution in [0.2, 0.25) is 0 Å². The fourth-order valence-corrected chi connectivity index (χ4v) is 4.87. The monoisotopic (exact) mass is 431 g/mol. The molecule has 2 atom stereocenters. The van der Waals surface area contributed by atoms with E-state index >= 15 is 0 Å². The van der Waals surface area contributed by atoms with E-state index in [9.17, 15) is 13.2 Å². The van der Waals surface area contributed by atoms with Gasteiger partial charge in [0, 0.05) is 12.0 Å². The van der Waals surface area contributed by atoms with Gasteiger partial charge in [-0.15, -0.1) is 0 Å². The Balaban J connectivity index is 1.63. The van der Waals surface area contributed by atoms with E-state index in [1.165, 1.54) is 28.3 Å². The lowest BCUT2D eigenvalue weighted by Crippen LogP contribution is -2.27. The van der Waals surface area contributed by atoms with Gasteiger partial charge in [0.05, 0.1) is 6.26 Å². The van der Waals surface area contributed by atoms with E-state index in [1.807, 2.05) is 16.9 Å². The predicted molar refractivity (Wildman–Crippen MR) is 124 cm³/mol. The zero-order valence-electron chi connectivity index (χ0n) is 17.4. The molecule has 0 spiro atoms. The number of hydrogen-bond acceptors (Lipinski definition) is 3. The first-order valence-electron chi connectivity index (χ1n) is 10.3. The third-order valence-electron chi connectivity index (χ3n) is 5.75. The zero-order chi connectivity index (χ0) is 21.8. The van der Waals surface area contributed by atoms with Gasteiger partial charge in [-0.2, -0.15) is 0 Å². The van der Waals surface area contributed by atoms with Crippen LogP contribution in [0.3, 0.4) is 0 Å². The highest BCUT2D eigenvalue weighted by Gasteiger charge is 2.31. The maximum Gasteiger partial charge on any atom is 0.257 e. The number of aryl methyl sites for hydroxylation is 1. The highest BCUT2D eigenvalue weighted by molar-refractivity contribution is 7.89. The van der Waals surface area contributed by atoms with Crippen LogP contribution in [0.4, 0.5) is 0 Å². The zero-order valence-corrected chi connectivity index (χ0v) is 18.2. The van der Waals surface area contributed by atoms with Crippen LogP contribution in [0.15, 0.2) is 84.9 Å². The summed E-state index contributed by atoms with van der Waals surface area (Å²) in [5, 5.41) is 0. The van der Waals surface area contributed by atoms with E-state index in [2.05, 4.69) is 66.7 Å². The van der Waals surface area contributed by atoms with Gasteiger partial charge in [-0.1, -0.05) is 78.9 Å². The van der Waals surface area contributed by atoms with E-state index in [4.69, 9.17) is 0 Å². The minimum absolute atomic E-state index is 0.263. The number of nitrogens with one attached hydrogen (secondary N) is 1. The van der Waals surface area contributed by atoms with Crippen molar-refractivity contribution in [2.75, 3.05) is 6.26 Å². The smallest absolute Gasteiger partial charge is 0.257 e. The first-order chi connectivity index (χ1) is 14.9. The summed E-state index contributed by atoms with van der Waals surface area (Å²) in [5.41, 5.74) is 6.20. The average Bonchev–Trinajstić information content (AvgIpc) is 2.77. The van der Waals surface area contributed by atoms with Crippen molar-refractivity contribution in [2.24, 2.45) is 0 Å². The number of fused-ring (bicyclic) bond motifs is 1. The molecule has 4 nitrogen and oxygen atoms in total. The van der Waals surface area contributed by atoms with Crippen molar-refractivity contribution in [3.05, 3.63) is 113 Å². The second-order valence-electron chi connectivity index (χ2n) is 7.97. The van der Waals surface area contributed by atoms with Crippen LogP contribution in [0.25, 0.3) is 6.08 Å². The summed E-state index contributed by atoms with van der Waals surface area (Å²) in [5.74, 6) is 0.00821. The van der Waals surface area contributed by atoms with Crippen LogP contribution in [0, 0.1) is 0 Å². The fraction of sp³-hybridized carbons (Fsp3) is 0.192. The molecule has 0 aliphatic heterocycles. The molecule has 2 unspecified atom stereocenters. The van der Waals surface area contributed by atoms with E-state index in [1.54, 1.807) is 6.08 Å². The van der Waals surface area contributed by atoms with E-state index < -0.39 is 15.9 Å². The number of hydrogen-bond donors (Lipinski definition) is 1. The van der Waals surface area contributed by atoms with Crippen LogP contribution in [-0.4, -0.2) is 20.6 Å². The summed E-state index contributed by atoms with van der Waals surface area (Å²) < 4.78 is 24.2. The SMILES string of the molecule is CS(=O)(=O)NC(=O)C=Cc1ccc(C2c3ccccc3CCC2c2ccccc2)cc1. The molecule has 0 bridgehead atoms. The maximum absolute atomic E-state index is 11.7. The summed E-state index contributed by atoms with van der Waals surface area (Å²) in [6.45, 7) is 0. The molecule has 5 heteroatoms. The van der Waals surface area contributed by atoms with Crippen molar-refractivity contribution in [1.29, 1.82) is 0 Å². The molecule has 1 aliphatic carbocycles. The van der Waals surface area contributed by atoms with Gasteiger partial charge in [0.1, 0.15) is 0 Å². The molecule has 0 radical (unpaired) electrons. The Morgan fingerprint density at radius 1 is 0.903 bits per heavy atom. The molecular weight excluding hydrogens is 406 g/mol. The van der Waals surface area contributed by atoms with Crippen molar-refractivity contribution >= 4 is 22.0 Å². The van der Waals surface area contributed by atoms with Gasteiger partial charge in [-0.25, -0.2) is 13.1 Å². The van der Waals surface area contributed by atoms with Crippen LogP contribution < -0.4 is 4.72 Å². The first kappa shape index (κ1) is 21.1. The standard InChI is InChI=1S/C26H25NO3S/c1-31(29,30)27-25(28)18-13-19-11-14-22(15-12-19)26-23-10-6-5-9-21(23)16-17-24(26)20-7-3-2-4-8-20/h2-15,18,24,26H,16-17H2,1H3,(H,27,28). The minimum atomic E-state index is -3.56. The Hall–Kier alpha value is -3.18. The van der Waals surface area contributed by atoms with Crippen LogP contribution in [-0.2, 0) is 21.2 Å². The summed E-state index contributed by atoms with van der Waals surface area (Å²) in [4.78, 5) is 11.7. The summed E-state index contributed by atoms with van der Waals surface area (Å²) in [7, 11) is -3.56. The maximum atomic E-state index is 11.7. The van der Waals surface area contributed by atoms with Gasteiger partial charge < -0.3 is 0 Å². The van der Waals surface area contributed by atoms with Gasteiger partial charge in [0.15, 0.2) is 0 Å². The molecule has 31 heavy (non-hydrogen) atoms. The minimum Gasteiger partial charge on any atom is -0.269 e. The number of carbonyl (C=O) groups excluding carboxylic acids is 1. The number of benzene rings is 3. The second-order valence-corrected chi connectivity index (χ2v) is 9.72. The quantitative estimate of drug-likeness (QED) is 0.599. The van der Waals surface area contributed by atoms with Crippen molar-refractivity contribution in [2.45, 2.75) is 24.7 Å². The largest absolute Gasteiger partial charge is 0.269 e. The number of amides is 1. The molecule has 4 rings (SSSR count). The Labute approximate surface area is 183 Å². The second kappa shape index (κ2) is 8.90. The van der Waals surface area contributed by atoms with Gasteiger partial charge in [0.2, 0.25) is 10.0 Å². The van der Waals surface area contributed by atoms with Crippen molar-refractivity contribution in [3.63, 3.8) is 0 Å². The predicted octanol–water partition coefficient (Wildman–Crippen LogP) is 4.64. The molecule has 3 aromatic rings. The number of sulfonamides is 1. The summed E-state index contributed by atoms with van der Waals surface area (Å²) >= 11 is 0. The van der Waals surface area contributed by atoms with Gasteiger partial charge in [-0.05, 0) is 52.7 Å². The first-order valence-corrected chi connectivity index (χ1v) is 12.2. The van der Waals surface area contributed by atoms with Crippen molar-refractivity contribution < 1.29 is 13.2 Å². The molecule has 0 saturated carbocycles. The third kappa shape index (κ3) is 5.12. The summed E-state index contributed by atoms with van der Waals surface area (Å²) in [6.07, 6.45) is 5.98. The van der Waals surface area contributed by atoms with Gasteiger partial charge in [-0.3, -0.25) is 4.79 Å². The van der Waals surface area contributed by atoms with Crippen LogP contribution in [0.1, 0.15) is 46.1 Å². The van der Waals surface area contributed by atoms with Crippen LogP contribution >= 0.6 is 0 Å². The average molecular weight is 432 g/mol. The molecule has 1 N–H and O–H groups in total. The Morgan fingerprint density at radius 2 is 1.58 bits per heavy atom. The normalized spacial score (nSPS) is 18.5. The van der Waals surface area contributed by atoms with Gasteiger partial charge >= 0.3 is 0 Å². The fourth-order valence-electron chi connectivity index (χ4n) is 4.43. The van der Waals surface area contributed by atoms with Crippen molar-refractivity contribution in [1.82, 2.24) is 4.72 Å². The lowest BCUT2D eigenvalue weighted by molar-refractivity contribution is -0.114. The Morgan fingerprint density at radius 3 is 2.29 bits per heavy atom. The molecular formula is C26H25NO3S. The molecule has 158 valence electrons. The molecule has 1 aliphatic rings.